The monoisotopic (exact) mass is 337 g/mol. The molecule has 0 saturated heterocycles. The average molecular weight is 338 g/mol. The van der Waals surface area contributed by atoms with Gasteiger partial charge in [0, 0.05) is 0 Å². The third-order valence-electron chi connectivity index (χ3n) is 3.53. The number of unbranched alkanes of at least 4 members (excludes halogenated alkanes) is 9. The number of hydroxylamine groups is 3. The van der Waals surface area contributed by atoms with Crippen molar-refractivity contribution >= 4 is 0 Å². The van der Waals surface area contributed by atoms with Crippen LogP contribution in [0.4, 0.5) is 0 Å². The molecule has 0 bridgehead atoms. The van der Waals surface area contributed by atoms with E-state index < -0.39 is 0 Å². The summed E-state index contributed by atoms with van der Waals surface area (Å²) in [5.74, 6) is 0. The fourth-order valence-corrected chi connectivity index (χ4v) is 2.39. The van der Waals surface area contributed by atoms with Gasteiger partial charge < -0.3 is 17.0 Å². The highest BCUT2D eigenvalue weighted by Gasteiger charge is 2.14. The molecule has 0 rings (SSSR count). The van der Waals surface area contributed by atoms with Crippen LogP contribution in [0.1, 0.15) is 78.1 Å². The van der Waals surface area contributed by atoms with E-state index in [0.717, 1.165) is 13.2 Å². The van der Waals surface area contributed by atoms with Crippen molar-refractivity contribution in [3.05, 3.63) is 0 Å². The molecule has 0 aliphatic carbocycles. The molecular weight excluding hydrogens is 302 g/mol. The van der Waals surface area contributed by atoms with Crippen LogP contribution < -0.4 is 17.0 Å². The van der Waals surface area contributed by atoms with E-state index in [1.807, 2.05) is 0 Å². The molecule has 0 N–H and O–H groups in total. The first-order valence-electron chi connectivity index (χ1n) is 8.10. The molecule has 0 aromatic rings. The maximum Gasteiger partial charge on any atom is 0.108 e. The van der Waals surface area contributed by atoms with Crippen LogP contribution >= 0.6 is 0 Å². The SMILES string of the molecule is CCCCCCCCCCCC[N+](C)(C)OCC.[Br-]. The molecule has 0 fully saturated rings. The molecule has 0 aliphatic rings. The molecule has 0 aromatic carbocycles. The summed E-state index contributed by atoms with van der Waals surface area (Å²) in [5.41, 5.74) is 0. The van der Waals surface area contributed by atoms with Gasteiger partial charge in [-0.25, -0.2) is 4.84 Å². The van der Waals surface area contributed by atoms with E-state index in [0.29, 0.717) is 4.65 Å². The summed E-state index contributed by atoms with van der Waals surface area (Å²) in [5, 5.41) is 0. The molecule has 3 heteroatoms. The Hall–Kier alpha value is 0.400. The number of hydrogen-bond acceptors (Lipinski definition) is 1. The number of hydrogen-bond donors (Lipinski definition) is 0. The van der Waals surface area contributed by atoms with Crippen molar-refractivity contribution in [1.82, 2.24) is 0 Å². The molecule has 0 atom stereocenters. The molecular formula is C16H36BrNO. The van der Waals surface area contributed by atoms with Gasteiger partial charge in [-0.15, -0.1) is 0 Å². The van der Waals surface area contributed by atoms with E-state index in [4.69, 9.17) is 4.84 Å². The second kappa shape index (κ2) is 14.8. The minimum atomic E-state index is 0. The van der Waals surface area contributed by atoms with Gasteiger partial charge in [-0.1, -0.05) is 58.3 Å². The Balaban J connectivity index is 0. The molecule has 0 amide bonds. The minimum Gasteiger partial charge on any atom is -1.00 e. The summed E-state index contributed by atoms with van der Waals surface area (Å²) in [6.07, 6.45) is 14.0. The zero-order chi connectivity index (χ0) is 13.7. The van der Waals surface area contributed by atoms with Crippen molar-refractivity contribution in [1.29, 1.82) is 0 Å². The highest BCUT2D eigenvalue weighted by Crippen LogP contribution is 2.11. The topological polar surface area (TPSA) is 9.23 Å². The summed E-state index contributed by atoms with van der Waals surface area (Å²) < 4.78 is 0.716. The van der Waals surface area contributed by atoms with Gasteiger partial charge in [0.15, 0.2) is 0 Å². The zero-order valence-electron chi connectivity index (χ0n) is 13.7. The second-order valence-electron chi connectivity index (χ2n) is 5.90. The van der Waals surface area contributed by atoms with Crippen molar-refractivity contribution in [2.75, 3.05) is 27.2 Å². The summed E-state index contributed by atoms with van der Waals surface area (Å²) in [4.78, 5) is 5.65. The maximum absolute atomic E-state index is 5.65. The van der Waals surface area contributed by atoms with Crippen molar-refractivity contribution in [3.63, 3.8) is 0 Å². The van der Waals surface area contributed by atoms with Gasteiger partial charge in [0.25, 0.3) is 0 Å². The number of nitrogens with zero attached hydrogens (tertiary/aromatic N) is 1. The van der Waals surface area contributed by atoms with Crippen LogP contribution in [0.3, 0.4) is 0 Å². The summed E-state index contributed by atoms with van der Waals surface area (Å²) in [7, 11) is 4.30. The molecule has 0 saturated carbocycles. The van der Waals surface area contributed by atoms with E-state index in [1.165, 1.54) is 64.2 Å². The van der Waals surface area contributed by atoms with E-state index in [9.17, 15) is 0 Å². The van der Waals surface area contributed by atoms with E-state index >= 15 is 0 Å². The Morgan fingerprint density at radius 1 is 0.684 bits per heavy atom. The van der Waals surface area contributed by atoms with Gasteiger partial charge >= 0.3 is 0 Å². The smallest absolute Gasteiger partial charge is 0.108 e. The number of halogens is 1. The van der Waals surface area contributed by atoms with Crippen LogP contribution in [0.5, 0.6) is 0 Å². The van der Waals surface area contributed by atoms with Crippen LogP contribution in [0.2, 0.25) is 0 Å². The standard InChI is InChI=1S/C16H36NO.BrH/c1-5-7-8-9-10-11-12-13-14-15-16-17(3,4)18-6-2;/h5-16H2,1-4H3;1H/q+1;/p-1. The first-order valence-corrected chi connectivity index (χ1v) is 8.10. The molecule has 0 spiro atoms. The Bertz CT molecular complexity index is 174. The van der Waals surface area contributed by atoms with Crippen molar-refractivity contribution in [2.45, 2.75) is 78.1 Å². The molecule has 2 nitrogen and oxygen atoms in total. The highest BCUT2D eigenvalue weighted by atomic mass is 79.9. The molecule has 0 heterocycles. The average Bonchev–Trinajstić information content (AvgIpc) is 2.31. The third kappa shape index (κ3) is 16.3. The molecule has 118 valence electrons. The molecule has 0 aromatic heterocycles. The van der Waals surface area contributed by atoms with Gasteiger partial charge in [-0.05, 0) is 19.8 Å². The van der Waals surface area contributed by atoms with Crippen molar-refractivity contribution in [2.24, 2.45) is 0 Å². The lowest BCUT2D eigenvalue weighted by atomic mass is 10.1. The molecule has 0 aliphatic heterocycles. The molecule has 0 radical (unpaired) electrons. The second-order valence-corrected chi connectivity index (χ2v) is 5.90. The quantitative estimate of drug-likeness (QED) is 0.283. The fraction of sp³-hybridized carbons (Fsp3) is 1.00. The lowest BCUT2D eigenvalue weighted by Crippen LogP contribution is -3.00. The minimum absolute atomic E-state index is 0. The fourth-order valence-electron chi connectivity index (χ4n) is 2.39. The Morgan fingerprint density at radius 2 is 1.11 bits per heavy atom. The van der Waals surface area contributed by atoms with Crippen LogP contribution in [-0.4, -0.2) is 31.9 Å². The predicted molar refractivity (Wildman–Crippen MR) is 80.4 cm³/mol. The van der Waals surface area contributed by atoms with Crippen LogP contribution in [-0.2, 0) is 4.84 Å². The van der Waals surface area contributed by atoms with Gasteiger partial charge in [0.2, 0.25) is 0 Å². The van der Waals surface area contributed by atoms with E-state index in [2.05, 4.69) is 27.9 Å². The summed E-state index contributed by atoms with van der Waals surface area (Å²) in [6, 6.07) is 0. The number of rotatable bonds is 13. The Morgan fingerprint density at radius 3 is 1.53 bits per heavy atom. The summed E-state index contributed by atoms with van der Waals surface area (Å²) >= 11 is 0. The number of quaternary nitrogens is 1. The van der Waals surface area contributed by atoms with Gasteiger partial charge in [0.05, 0.1) is 14.1 Å². The molecule has 19 heavy (non-hydrogen) atoms. The predicted octanol–water partition coefficient (Wildman–Crippen LogP) is 1.94. The molecule has 0 unspecified atom stereocenters. The van der Waals surface area contributed by atoms with Gasteiger partial charge in [0.1, 0.15) is 13.2 Å². The van der Waals surface area contributed by atoms with Crippen LogP contribution in [0, 0.1) is 0 Å². The lowest BCUT2D eigenvalue weighted by molar-refractivity contribution is -1.08. The first kappa shape index (κ1) is 21.7. The van der Waals surface area contributed by atoms with Crippen LogP contribution in [0.15, 0.2) is 0 Å². The Kier molecular flexibility index (Phi) is 16.9. The van der Waals surface area contributed by atoms with Crippen LogP contribution in [0.25, 0.3) is 0 Å². The van der Waals surface area contributed by atoms with E-state index in [1.54, 1.807) is 0 Å². The maximum atomic E-state index is 5.65. The Labute approximate surface area is 132 Å². The summed E-state index contributed by atoms with van der Waals surface area (Å²) in [6.45, 7) is 6.30. The first-order chi connectivity index (χ1) is 8.62. The normalized spacial score (nSPS) is 11.4. The van der Waals surface area contributed by atoms with Crippen molar-refractivity contribution < 1.29 is 26.5 Å². The van der Waals surface area contributed by atoms with E-state index in [-0.39, 0.29) is 17.0 Å². The zero-order valence-corrected chi connectivity index (χ0v) is 15.3. The van der Waals surface area contributed by atoms with Gasteiger partial charge in [-0.3, -0.25) is 0 Å². The largest absolute Gasteiger partial charge is 1.00 e. The third-order valence-corrected chi connectivity index (χ3v) is 3.53. The van der Waals surface area contributed by atoms with Gasteiger partial charge in [-0.2, -0.15) is 4.65 Å². The van der Waals surface area contributed by atoms with Crippen molar-refractivity contribution in [3.8, 4) is 0 Å². The lowest BCUT2D eigenvalue weighted by Gasteiger charge is -2.26. The highest BCUT2D eigenvalue weighted by molar-refractivity contribution is 4.47.